The van der Waals surface area contributed by atoms with E-state index in [4.69, 9.17) is 5.26 Å². The van der Waals surface area contributed by atoms with Crippen LogP contribution >= 0.6 is 0 Å². The van der Waals surface area contributed by atoms with Crippen LogP contribution in [-0.2, 0) is 9.84 Å². The molecule has 1 N–H and O–H groups in total. The van der Waals surface area contributed by atoms with Gasteiger partial charge in [-0.15, -0.1) is 0 Å². The molecule has 0 radical (unpaired) electrons. The molecule has 0 saturated carbocycles. The quantitative estimate of drug-likeness (QED) is 0.921. The zero-order valence-corrected chi connectivity index (χ0v) is 11.9. The molecule has 0 saturated heterocycles. The normalized spacial score (nSPS) is 10.9. The standard InChI is InChI=1S/C15H13FN2O2S/c16-14-3-1-2-4-15(14)18-9-10-21(19,20)13-7-5-12(11-17)6-8-13/h1-8,18H,9-10H2. The van der Waals surface area contributed by atoms with Gasteiger partial charge < -0.3 is 5.32 Å². The van der Waals surface area contributed by atoms with E-state index in [2.05, 4.69) is 5.32 Å². The molecule has 2 aromatic carbocycles. The van der Waals surface area contributed by atoms with E-state index in [-0.39, 0.29) is 22.9 Å². The van der Waals surface area contributed by atoms with Crippen molar-refractivity contribution in [2.75, 3.05) is 17.6 Å². The van der Waals surface area contributed by atoms with Crippen molar-refractivity contribution in [1.82, 2.24) is 0 Å². The van der Waals surface area contributed by atoms with Crippen LogP contribution in [0, 0.1) is 17.1 Å². The largest absolute Gasteiger partial charge is 0.382 e. The Morgan fingerprint density at radius 1 is 1.10 bits per heavy atom. The summed E-state index contributed by atoms with van der Waals surface area (Å²) in [7, 11) is -3.46. The smallest absolute Gasteiger partial charge is 0.180 e. The Morgan fingerprint density at radius 3 is 2.38 bits per heavy atom. The molecule has 0 unspecified atom stereocenters. The molecule has 2 aromatic rings. The van der Waals surface area contributed by atoms with Gasteiger partial charge in [0.2, 0.25) is 0 Å². The van der Waals surface area contributed by atoms with Crippen molar-refractivity contribution >= 4 is 15.5 Å². The molecule has 21 heavy (non-hydrogen) atoms. The average Bonchev–Trinajstić information content (AvgIpc) is 2.49. The molecule has 0 amide bonds. The summed E-state index contributed by atoms with van der Waals surface area (Å²) < 4.78 is 37.6. The zero-order valence-electron chi connectivity index (χ0n) is 11.1. The highest BCUT2D eigenvalue weighted by Crippen LogP contribution is 2.14. The predicted molar refractivity (Wildman–Crippen MR) is 78.1 cm³/mol. The third-order valence-corrected chi connectivity index (χ3v) is 4.63. The predicted octanol–water partition coefficient (Wildman–Crippen LogP) is 2.58. The number of sulfone groups is 1. The lowest BCUT2D eigenvalue weighted by molar-refractivity contribution is 0.596. The fourth-order valence-corrected chi connectivity index (χ4v) is 2.94. The van der Waals surface area contributed by atoms with Crippen molar-refractivity contribution in [2.24, 2.45) is 0 Å². The van der Waals surface area contributed by atoms with Crippen molar-refractivity contribution < 1.29 is 12.8 Å². The highest BCUT2D eigenvalue weighted by atomic mass is 32.2. The number of hydrogen-bond acceptors (Lipinski definition) is 4. The maximum atomic E-state index is 13.4. The molecule has 4 nitrogen and oxygen atoms in total. The van der Waals surface area contributed by atoms with Gasteiger partial charge in [0.05, 0.1) is 28.0 Å². The summed E-state index contributed by atoms with van der Waals surface area (Å²) in [5, 5.41) is 11.4. The van der Waals surface area contributed by atoms with Gasteiger partial charge in [0, 0.05) is 6.54 Å². The fraction of sp³-hybridized carbons (Fsp3) is 0.133. The number of rotatable bonds is 5. The van der Waals surface area contributed by atoms with Crippen LogP contribution < -0.4 is 5.32 Å². The van der Waals surface area contributed by atoms with Crippen LogP contribution in [0.4, 0.5) is 10.1 Å². The van der Waals surface area contributed by atoms with E-state index in [1.54, 1.807) is 18.2 Å². The zero-order chi connectivity index (χ0) is 15.3. The molecule has 0 aromatic heterocycles. The van der Waals surface area contributed by atoms with E-state index in [1.165, 1.54) is 30.3 Å². The summed E-state index contributed by atoms with van der Waals surface area (Å²) in [4.78, 5) is 0.150. The van der Waals surface area contributed by atoms with Crippen molar-refractivity contribution in [3.05, 3.63) is 59.9 Å². The van der Waals surface area contributed by atoms with Crippen LogP contribution in [0.15, 0.2) is 53.4 Å². The second-order valence-electron chi connectivity index (χ2n) is 4.36. The lowest BCUT2D eigenvalue weighted by Crippen LogP contribution is -2.16. The maximum Gasteiger partial charge on any atom is 0.180 e. The van der Waals surface area contributed by atoms with Gasteiger partial charge in [-0.05, 0) is 36.4 Å². The van der Waals surface area contributed by atoms with Crippen LogP contribution in [-0.4, -0.2) is 20.7 Å². The van der Waals surface area contributed by atoms with Crippen molar-refractivity contribution in [3.63, 3.8) is 0 Å². The minimum atomic E-state index is -3.46. The molecule has 0 spiro atoms. The number of halogens is 1. The Morgan fingerprint density at radius 2 is 1.76 bits per heavy atom. The number of hydrogen-bond donors (Lipinski definition) is 1. The first-order chi connectivity index (χ1) is 10.0. The summed E-state index contributed by atoms with van der Waals surface area (Å²) in [5.74, 6) is -0.582. The average molecular weight is 304 g/mol. The molecule has 0 aliphatic rings. The number of anilines is 1. The first-order valence-corrected chi connectivity index (χ1v) is 7.89. The monoisotopic (exact) mass is 304 g/mol. The van der Waals surface area contributed by atoms with Crippen LogP contribution in [0.2, 0.25) is 0 Å². The fourth-order valence-electron chi connectivity index (χ4n) is 1.78. The van der Waals surface area contributed by atoms with Gasteiger partial charge in [-0.2, -0.15) is 5.26 Å². The van der Waals surface area contributed by atoms with E-state index < -0.39 is 15.7 Å². The first kappa shape index (κ1) is 15.0. The summed E-state index contributed by atoms with van der Waals surface area (Å²) in [6, 6.07) is 13.7. The highest BCUT2D eigenvalue weighted by Gasteiger charge is 2.14. The third kappa shape index (κ3) is 3.80. The molecule has 0 aliphatic heterocycles. The van der Waals surface area contributed by atoms with Crippen LogP contribution in [0.5, 0.6) is 0 Å². The molecule has 6 heteroatoms. The van der Waals surface area contributed by atoms with Gasteiger partial charge in [0.1, 0.15) is 5.82 Å². The minimum Gasteiger partial charge on any atom is -0.382 e. The van der Waals surface area contributed by atoms with E-state index in [1.807, 2.05) is 6.07 Å². The molecular formula is C15H13FN2O2S. The number of para-hydroxylation sites is 1. The summed E-state index contributed by atoms with van der Waals surface area (Å²) >= 11 is 0. The van der Waals surface area contributed by atoms with Crippen molar-refractivity contribution in [2.45, 2.75) is 4.90 Å². The summed E-state index contributed by atoms with van der Waals surface area (Å²) in [5.41, 5.74) is 0.672. The molecule has 2 rings (SSSR count). The lowest BCUT2D eigenvalue weighted by atomic mass is 10.2. The maximum absolute atomic E-state index is 13.4. The van der Waals surface area contributed by atoms with E-state index >= 15 is 0 Å². The van der Waals surface area contributed by atoms with Gasteiger partial charge in [-0.1, -0.05) is 12.1 Å². The van der Waals surface area contributed by atoms with Crippen LogP contribution in [0.1, 0.15) is 5.56 Å². The molecule has 0 atom stereocenters. The molecule has 0 aliphatic carbocycles. The third-order valence-electron chi connectivity index (χ3n) is 2.90. The van der Waals surface area contributed by atoms with E-state index in [0.717, 1.165) is 0 Å². The molecule has 108 valence electrons. The minimum absolute atomic E-state index is 0.100. The topological polar surface area (TPSA) is 70.0 Å². The Kier molecular flexibility index (Phi) is 4.55. The van der Waals surface area contributed by atoms with Gasteiger partial charge in [-0.3, -0.25) is 0 Å². The first-order valence-electron chi connectivity index (χ1n) is 6.24. The van der Waals surface area contributed by atoms with Gasteiger partial charge >= 0.3 is 0 Å². The number of nitriles is 1. The second kappa shape index (κ2) is 6.37. The second-order valence-corrected chi connectivity index (χ2v) is 6.47. The number of nitrogens with one attached hydrogen (secondary N) is 1. The Balaban J connectivity index is 2.01. The Labute approximate surface area is 122 Å². The number of benzene rings is 2. The van der Waals surface area contributed by atoms with Crippen LogP contribution in [0.3, 0.4) is 0 Å². The van der Waals surface area contributed by atoms with Gasteiger partial charge in [0.25, 0.3) is 0 Å². The molecule has 0 bridgehead atoms. The SMILES string of the molecule is N#Cc1ccc(S(=O)(=O)CCNc2ccccc2F)cc1. The van der Waals surface area contributed by atoms with Crippen molar-refractivity contribution in [3.8, 4) is 6.07 Å². The summed E-state index contributed by atoms with van der Waals surface area (Å²) in [6.45, 7) is 0.100. The molecule has 0 fully saturated rings. The number of nitrogens with zero attached hydrogens (tertiary/aromatic N) is 1. The molecule has 0 heterocycles. The Bertz CT molecular complexity index is 765. The molecular weight excluding hydrogens is 291 g/mol. The van der Waals surface area contributed by atoms with Crippen LogP contribution in [0.25, 0.3) is 0 Å². The van der Waals surface area contributed by atoms with Gasteiger partial charge in [0.15, 0.2) is 9.84 Å². The lowest BCUT2D eigenvalue weighted by Gasteiger charge is -2.08. The van der Waals surface area contributed by atoms with Crippen molar-refractivity contribution in [1.29, 1.82) is 5.26 Å². The van der Waals surface area contributed by atoms with E-state index in [0.29, 0.717) is 5.56 Å². The van der Waals surface area contributed by atoms with Gasteiger partial charge in [-0.25, -0.2) is 12.8 Å². The Hall–Kier alpha value is -2.39. The highest BCUT2D eigenvalue weighted by molar-refractivity contribution is 7.91. The summed E-state index contributed by atoms with van der Waals surface area (Å²) in [6.07, 6.45) is 0. The van der Waals surface area contributed by atoms with E-state index in [9.17, 15) is 12.8 Å².